The fourth-order valence-corrected chi connectivity index (χ4v) is 3.71. The third kappa shape index (κ3) is 5.18. The van der Waals surface area contributed by atoms with Crippen LogP contribution in [0.2, 0.25) is 0 Å². The molecule has 5 nitrogen and oxygen atoms in total. The van der Waals surface area contributed by atoms with Crippen LogP contribution < -0.4 is 10.1 Å². The van der Waals surface area contributed by atoms with Crippen molar-refractivity contribution in [1.29, 1.82) is 0 Å². The average molecular weight is 413 g/mol. The number of aliphatic hydroxyl groups is 2. The Morgan fingerprint density at radius 1 is 1.18 bits per heavy atom. The molecule has 0 saturated carbocycles. The predicted octanol–water partition coefficient (Wildman–Crippen LogP) is 2.87. The number of hydrogen-bond acceptors (Lipinski definition) is 5. The normalized spacial score (nSPS) is 20.7. The number of hydrogen-bond donors (Lipinski definition) is 3. The van der Waals surface area contributed by atoms with E-state index in [1.165, 1.54) is 12.1 Å². The maximum atomic E-state index is 12.8. The largest absolute Gasteiger partial charge is 0.491 e. The average Bonchev–Trinajstić information content (AvgIpc) is 2.97. The second-order valence-corrected chi connectivity index (χ2v) is 7.57. The maximum absolute atomic E-state index is 12.8. The Labute approximate surface area is 163 Å². The summed E-state index contributed by atoms with van der Waals surface area (Å²) in [6.07, 6.45) is -5.24. The summed E-state index contributed by atoms with van der Waals surface area (Å²) in [4.78, 5) is 11.6. The summed E-state index contributed by atoms with van der Waals surface area (Å²) in [6.45, 7) is -0.201. The zero-order valence-corrected chi connectivity index (χ0v) is 15.3. The zero-order chi connectivity index (χ0) is 20.3. The van der Waals surface area contributed by atoms with Gasteiger partial charge in [-0.1, -0.05) is 36.0 Å². The molecule has 1 aliphatic rings. The quantitative estimate of drug-likeness (QED) is 0.679. The van der Waals surface area contributed by atoms with Crippen LogP contribution in [0.25, 0.3) is 0 Å². The molecule has 1 saturated heterocycles. The van der Waals surface area contributed by atoms with Gasteiger partial charge in [-0.05, 0) is 41.8 Å². The molecule has 1 aliphatic heterocycles. The molecule has 3 unspecified atom stereocenters. The van der Waals surface area contributed by atoms with E-state index in [4.69, 9.17) is 4.74 Å². The molecule has 0 radical (unpaired) electrons. The van der Waals surface area contributed by atoms with Gasteiger partial charge in [0.25, 0.3) is 0 Å². The van der Waals surface area contributed by atoms with E-state index in [0.717, 1.165) is 29.5 Å². The first-order valence-corrected chi connectivity index (χ1v) is 9.37. The number of nitrogens with one attached hydrogen (secondary N) is 1. The Morgan fingerprint density at radius 3 is 2.50 bits per heavy atom. The van der Waals surface area contributed by atoms with E-state index in [1.807, 2.05) is 0 Å². The summed E-state index contributed by atoms with van der Waals surface area (Å²) in [5.74, 6) is 0.223. The van der Waals surface area contributed by atoms with Gasteiger partial charge >= 0.3 is 6.18 Å². The van der Waals surface area contributed by atoms with Gasteiger partial charge in [-0.25, -0.2) is 0 Å². The first-order valence-electron chi connectivity index (χ1n) is 8.43. The van der Waals surface area contributed by atoms with Crippen molar-refractivity contribution >= 4 is 17.7 Å². The lowest BCUT2D eigenvalue weighted by atomic mass is 10.1. The number of amides is 1. The minimum absolute atomic E-state index is 0.120. The molecule has 3 N–H and O–H groups in total. The van der Waals surface area contributed by atoms with E-state index in [2.05, 4.69) is 5.32 Å². The lowest BCUT2D eigenvalue weighted by Gasteiger charge is -2.15. The van der Waals surface area contributed by atoms with Crippen molar-refractivity contribution in [3.63, 3.8) is 0 Å². The van der Waals surface area contributed by atoms with E-state index in [9.17, 15) is 28.2 Å². The van der Waals surface area contributed by atoms with E-state index in [-0.39, 0.29) is 23.3 Å². The second kappa shape index (κ2) is 8.42. The standard InChI is InChI=1S/C19H18F3NO4S/c20-19(21,22)13-3-1-2-12(9-13)15(24)10-27-14-6-4-11(5-7-14)8-16-17(25)23-18(26)28-16/h1-7,9,15-16,18,24,26H,8,10H2,(H,23,25). The smallest absolute Gasteiger partial charge is 0.416 e. The molecular formula is C19H18F3NO4S. The van der Waals surface area contributed by atoms with Crippen LogP contribution >= 0.6 is 11.8 Å². The number of halogens is 3. The van der Waals surface area contributed by atoms with Crippen molar-refractivity contribution in [3.8, 4) is 5.75 Å². The molecule has 3 atom stereocenters. The topological polar surface area (TPSA) is 78.8 Å². The van der Waals surface area contributed by atoms with Gasteiger partial charge in [0.05, 0.1) is 10.8 Å². The summed E-state index contributed by atoms with van der Waals surface area (Å²) in [5, 5.41) is 21.5. The molecule has 2 aromatic carbocycles. The van der Waals surface area contributed by atoms with Crippen LogP contribution in [-0.2, 0) is 17.4 Å². The summed E-state index contributed by atoms with van der Waals surface area (Å²) >= 11 is 1.14. The lowest BCUT2D eigenvalue weighted by Crippen LogP contribution is -2.27. The number of carbonyl (C=O) groups excluding carboxylic acids is 1. The molecule has 28 heavy (non-hydrogen) atoms. The minimum Gasteiger partial charge on any atom is -0.491 e. The fraction of sp³-hybridized carbons (Fsp3) is 0.316. The molecule has 0 aliphatic carbocycles. The van der Waals surface area contributed by atoms with Crippen molar-refractivity contribution in [2.45, 2.75) is 29.5 Å². The molecular weight excluding hydrogens is 395 g/mol. The van der Waals surface area contributed by atoms with Crippen LogP contribution in [0.15, 0.2) is 48.5 Å². The van der Waals surface area contributed by atoms with Gasteiger partial charge < -0.3 is 20.3 Å². The molecule has 9 heteroatoms. The highest BCUT2D eigenvalue weighted by atomic mass is 32.2. The van der Waals surface area contributed by atoms with Crippen LogP contribution in [0.5, 0.6) is 5.75 Å². The highest BCUT2D eigenvalue weighted by molar-refractivity contribution is 8.01. The minimum atomic E-state index is -4.48. The van der Waals surface area contributed by atoms with Gasteiger partial charge in [0.15, 0.2) is 5.56 Å². The highest BCUT2D eigenvalue weighted by Gasteiger charge is 2.32. The molecule has 0 aromatic heterocycles. The van der Waals surface area contributed by atoms with Gasteiger partial charge in [0.1, 0.15) is 18.5 Å². The van der Waals surface area contributed by atoms with Crippen LogP contribution in [0.4, 0.5) is 13.2 Å². The molecule has 0 spiro atoms. The number of carbonyl (C=O) groups is 1. The number of alkyl halides is 3. The third-order valence-electron chi connectivity index (χ3n) is 4.20. The molecule has 150 valence electrons. The number of aliphatic hydroxyl groups excluding tert-OH is 2. The molecule has 3 rings (SSSR count). The first-order chi connectivity index (χ1) is 13.2. The van der Waals surface area contributed by atoms with Crippen LogP contribution in [0.1, 0.15) is 22.8 Å². The third-order valence-corrected chi connectivity index (χ3v) is 5.29. The van der Waals surface area contributed by atoms with Crippen molar-refractivity contribution < 1.29 is 32.9 Å². The Hall–Kier alpha value is -2.23. The Morgan fingerprint density at radius 2 is 1.89 bits per heavy atom. The molecule has 1 amide bonds. The zero-order valence-electron chi connectivity index (χ0n) is 14.5. The van der Waals surface area contributed by atoms with E-state index < -0.39 is 23.4 Å². The number of ether oxygens (including phenoxy) is 1. The predicted molar refractivity (Wildman–Crippen MR) is 97.6 cm³/mol. The van der Waals surface area contributed by atoms with Gasteiger partial charge in [-0.3, -0.25) is 4.79 Å². The van der Waals surface area contributed by atoms with E-state index in [0.29, 0.717) is 12.2 Å². The van der Waals surface area contributed by atoms with Crippen molar-refractivity contribution in [3.05, 3.63) is 65.2 Å². The van der Waals surface area contributed by atoms with Crippen LogP contribution in [0, 0.1) is 0 Å². The van der Waals surface area contributed by atoms with Crippen molar-refractivity contribution in [2.24, 2.45) is 0 Å². The van der Waals surface area contributed by atoms with Gasteiger partial charge in [0.2, 0.25) is 5.91 Å². The molecule has 0 bridgehead atoms. The molecule has 2 aromatic rings. The Kier molecular flexibility index (Phi) is 6.17. The SMILES string of the molecule is O=C1NC(O)SC1Cc1ccc(OCC(O)c2cccc(C(F)(F)F)c2)cc1. The van der Waals surface area contributed by atoms with Gasteiger partial charge in [-0.2, -0.15) is 13.2 Å². The summed E-state index contributed by atoms with van der Waals surface area (Å²) in [7, 11) is 0. The maximum Gasteiger partial charge on any atom is 0.416 e. The Balaban J connectivity index is 1.55. The van der Waals surface area contributed by atoms with Gasteiger partial charge in [-0.15, -0.1) is 0 Å². The number of thioether (sulfide) groups is 1. The monoisotopic (exact) mass is 413 g/mol. The van der Waals surface area contributed by atoms with E-state index in [1.54, 1.807) is 24.3 Å². The summed E-state index contributed by atoms with van der Waals surface area (Å²) in [5.41, 5.74) is -0.730. The second-order valence-electron chi connectivity index (χ2n) is 6.28. The summed E-state index contributed by atoms with van der Waals surface area (Å²) < 4.78 is 43.7. The molecule has 1 fully saturated rings. The Bertz CT molecular complexity index is 829. The van der Waals surface area contributed by atoms with Crippen molar-refractivity contribution in [2.75, 3.05) is 6.61 Å². The van der Waals surface area contributed by atoms with Crippen LogP contribution in [-0.4, -0.2) is 33.5 Å². The van der Waals surface area contributed by atoms with Gasteiger partial charge in [0, 0.05) is 0 Å². The highest BCUT2D eigenvalue weighted by Crippen LogP contribution is 2.31. The van der Waals surface area contributed by atoms with Crippen LogP contribution in [0.3, 0.4) is 0 Å². The lowest BCUT2D eigenvalue weighted by molar-refractivity contribution is -0.137. The van der Waals surface area contributed by atoms with Crippen molar-refractivity contribution in [1.82, 2.24) is 5.32 Å². The summed E-state index contributed by atoms with van der Waals surface area (Å²) in [6, 6.07) is 11.3. The first kappa shape index (κ1) is 20.5. The number of benzene rings is 2. The van der Waals surface area contributed by atoms with E-state index >= 15 is 0 Å². The number of rotatable bonds is 6. The fourth-order valence-electron chi connectivity index (χ4n) is 2.74. The molecule has 1 heterocycles.